The summed E-state index contributed by atoms with van der Waals surface area (Å²) in [5, 5.41) is 0. The van der Waals surface area contributed by atoms with Crippen molar-refractivity contribution in [2.75, 3.05) is 25.4 Å². The molecule has 114 valence electrons. The normalized spacial score (nSPS) is 17.7. The van der Waals surface area contributed by atoms with Crippen LogP contribution in [0.15, 0.2) is 12.1 Å². The number of likely N-dealkylation sites (tertiary alicyclic amines) is 1. The molecule has 0 atom stereocenters. The molecule has 4 nitrogen and oxygen atoms in total. The summed E-state index contributed by atoms with van der Waals surface area (Å²) in [4.78, 5) is 6.84. The molecule has 6 heteroatoms. The Morgan fingerprint density at radius 1 is 1.38 bits per heavy atom. The Bertz CT molecular complexity index is 647. The fourth-order valence-electron chi connectivity index (χ4n) is 3.07. The zero-order chi connectivity index (χ0) is 15.0. The van der Waals surface area contributed by atoms with Gasteiger partial charge in [0.05, 0.1) is 14.6 Å². The van der Waals surface area contributed by atoms with E-state index in [0.717, 1.165) is 37.2 Å². The highest BCUT2D eigenvalue weighted by Crippen LogP contribution is 2.26. The molecule has 0 radical (unpaired) electrons. The average Bonchev–Trinajstić information content (AvgIpc) is 2.76. The molecule has 1 aromatic heterocycles. The van der Waals surface area contributed by atoms with Gasteiger partial charge < -0.3 is 15.2 Å². The number of fused-ring (bicyclic) bond motifs is 1. The first-order valence-corrected chi connectivity index (χ1v) is 8.49. The lowest BCUT2D eigenvalue weighted by atomic mass is 9.96. The van der Waals surface area contributed by atoms with Crippen molar-refractivity contribution in [3.05, 3.63) is 21.5 Å². The number of piperidine rings is 1. The van der Waals surface area contributed by atoms with Crippen molar-refractivity contribution in [2.45, 2.75) is 26.3 Å². The molecule has 2 N–H and O–H groups in total. The van der Waals surface area contributed by atoms with Gasteiger partial charge in [0, 0.05) is 12.6 Å². The highest BCUT2D eigenvalue weighted by Gasteiger charge is 2.20. The maximum Gasteiger partial charge on any atom is 0.201 e. The minimum absolute atomic E-state index is 0.204. The zero-order valence-corrected chi connectivity index (χ0v) is 14.3. The molecule has 0 saturated carbocycles. The quantitative estimate of drug-likeness (QED) is 0.803. The third kappa shape index (κ3) is 3.01. The third-order valence-corrected chi connectivity index (χ3v) is 5.24. The van der Waals surface area contributed by atoms with E-state index in [1.54, 1.807) is 12.1 Å². The van der Waals surface area contributed by atoms with Crippen LogP contribution < -0.4 is 5.73 Å². The van der Waals surface area contributed by atoms with Crippen LogP contribution in [0.25, 0.3) is 11.0 Å². The number of hydrogen-bond acceptors (Lipinski definition) is 3. The molecule has 0 amide bonds. The summed E-state index contributed by atoms with van der Waals surface area (Å²) in [5.74, 6) is 0.879. The van der Waals surface area contributed by atoms with E-state index in [4.69, 9.17) is 5.73 Å². The van der Waals surface area contributed by atoms with E-state index in [1.165, 1.54) is 12.8 Å². The maximum absolute atomic E-state index is 13.8. The Morgan fingerprint density at radius 3 is 2.76 bits per heavy atom. The van der Waals surface area contributed by atoms with Gasteiger partial charge in [0.25, 0.3) is 0 Å². The predicted molar refractivity (Wildman–Crippen MR) is 91.7 cm³/mol. The first-order chi connectivity index (χ1) is 10.1. The second kappa shape index (κ2) is 6.08. The Labute approximate surface area is 137 Å². The van der Waals surface area contributed by atoms with Gasteiger partial charge in [-0.05, 0) is 67.1 Å². The summed E-state index contributed by atoms with van der Waals surface area (Å²) in [7, 11) is 0. The van der Waals surface area contributed by atoms with Crippen LogP contribution in [-0.2, 0) is 6.54 Å². The van der Waals surface area contributed by atoms with E-state index in [-0.39, 0.29) is 5.82 Å². The lowest BCUT2D eigenvalue weighted by Gasteiger charge is -2.31. The predicted octanol–water partition coefficient (Wildman–Crippen LogP) is 3.09. The molecule has 0 spiro atoms. The summed E-state index contributed by atoms with van der Waals surface area (Å²) < 4.78 is 16.4. The van der Waals surface area contributed by atoms with Crippen molar-refractivity contribution in [3.8, 4) is 0 Å². The standard InChI is InChI=1S/C15H20FIN4/c1-2-20-5-3-10(4-6-20)9-21-14-7-11(16)12(17)8-13(14)19-15(21)18/h7-8,10H,2-6,9H2,1H3,(H2,18,19). The van der Waals surface area contributed by atoms with E-state index in [0.29, 0.717) is 15.4 Å². The van der Waals surface area contributed by atoms with E-state index in [2.05, 4.69) is 16.8 Å². The van der Waals surface area contributed by atoms with Gasteiger partial charge in [-0.25, -0.2) is 9.37 Å². The highest BCUT2D eigenvalue weighted by molar-refractivity contribution is 14.1. The maximum atomic E-state index is 13.8. The summed E-state index contributed by atoms with van der Waals surface area (Å²) in [6, 6.07) is 3.32. The van der Waals surface area contributed by atoms with Crippen molar-refractivity contribution in [3.63, 3.8) is 0 Å². The van der Waals surface area contributed by atoms with Crippen LogP contribution in [0, 0.1) is 15.3 Å². The van der Waals surface area contributed by atoms with Gasteiger partial charge >= 0.3 is 0 Å². The van der Waals surface area contributed by atoms with Crippen LogP contribution in [0.3, 0.4) is 0 Å². The van der Waals surface area contributed by atoms with Crippen LogP contribution in [0.4, 0.5) is 10.3 Å². The topological polar surface area (TPSA) is 47.1 Å². The van der Waals surface area contributed by atoms with Crippen molar-refractivity contribution >= 4 is 39.6 Å². The summed E-state index contributed by atoms with van der Waals surface area (Å²) in [6.45, 7) is 6.43. The lowest BCUT2D eigenvalue weighted by molar-refractivity contribution is 0.182. The minimum Gasteiger partial charge on any atom is -0.369 e. The number of nitrogens with zero attached hydrogens (tertiary/aromatic N) is 3. The second-order valence-corrected chi connectivity index (χ2v) is 6.88. The molecule has 21 heavy (non-hydrogen) atoms. The van der Waals surface area contributed by atoms with Gasteiger partial charge in [-0.1, -0.05) is 6.92 Å². The van der Waals surface area contributed by atoms with Gasteiger partial charge in [-0.3, -0.25) is 0 Å². The zero-order valence-electron chi connectivity index (χ0n) is 12.1. The van der Waals surface area contributed by atoms with Crippen molar-refractivity contribution < 1.29 is 4.39 Å². The fourth-order valence-corrected chi connectivity index (χ4v) is 3.52. The minimum atomic E-state index is -0.204. The number of benzene rings is 1. The number of anilines is 1. The van der Waals surface area contributed by atoms with Crippen LogP contribution in [0.1, 0.15) is 19.8 Å². The molecular formula is C15H20FIN4. The van der Waals surface area contributed by atoms with Crippen molar-refractivity contribution in [1.29, 1.82) is 0 Å². The van der Waals surface area contributed by atoms with E-state index in [9.17, 15) is 4.39 Å². The van der Waals surface area contributed by atoms with Gasteiger partial charge in [0.2, 0.25) is 5.95 Å². The molecule has 1 aliphatic rings. The summed E-state index contributed by atoms with van der Waals surface area (Å²) in [6.07, 6.45) is 2.33. The van der Waals surface area contributed by atoms with Crippen LogP contribution >= 0.6 is 22.6 Å². The molecular weight excluding hydrogens is 382 g/mol. The van der Waals surface area contributed by atoms with Crippen LogP contribution in [-0.4, -0.2) is 34.1 Å². The molecule has 0 aliphatic carbocycles. The molecule has 0 unspecified atom stereocenters. The number of rotatable bonds is 3. The van der Waals surface area contributed by atoms with Crippen LogP contribution in [0.2, 0.25) is 0 Å². The second-order valence-electron chi connectivity index (χ2n) is 5.71. The van der Waals surface area contributed by atoms with Gasteiger partial charge in [0.15, 0.2) is 0 Å². The molecule has 1 fully saturated rings. The molecule has 3 rings (SSSR count). The fraction of sp³-hybridized carbons (Fsp3) is 0.533. The molecule has 1 saturated heterocycles. The highest BCUT2D eigenvalue weighted by atomic mass is 127. The number of hydrogen-bond donors (Lipinski definition) is 1. The van der Waals surface area contributed by atoms with E-state index < -0.39 is 0 Å². The number of halogens is 2. The van der Waals surface area contributed by atoms with Crippen LogP contribution in [0.5, 0.6) is 0 Å². The molecule has 2 heterocycles. The Hall–Kier alpha value is -0.890. The number of nitrogens with two attached hydrogens (primary N) is 1. The molecule has 1 aromatic carbocycles. The van der Waals surface area contributed by atoms with Crippen molar-refractivity contribution in [2.24, 2.45) is 5.92 Å². The molecule has 2 aromatic rings. The van der Waals surface area contributed by atoms with E-state index >= 15 is 0 Å². The van der Waals surface area contributed by atoms with Gasteiger partial charge in [-0.15, -0.1) is 0 Å². The Morgan fingerprint density at radius 2 is 2.10 bits per heavy atom. The van der Waals surface area contributed by atoms with Gasteiger partial charge in [0.1, 0.15) is 5.82 Å². The first-order valence-electron chi connectivity index (χ1n) is 7.41. The summed E-state index contributed by atoms with van der Waals surface area (Å²) in [5.41, 5.74) is 7.63. The van der Waals surface area contributed by atoms with E-state index in [1.807, 2.05) is 27.2 Å². The number of aromatic nitrogens is 2. The molecule has 0 bridgehead atoms. The SMILES string of the molecule is CCN1CCC(Cn2c(N)nc3cc(I)c(F)cc32)CC1. The largest absolute Gasteiger partial charge is 0.369 e. The van der Waals surface area contributed by atoms with Gasteiger partial charge in [-0.2, -0.15) is 0 Å². The Kier molecular flexibility index (Phi) is 4.35. The monoisotopic (exact) mass is 402 g/mol. The number of imidazole rings is 1. The third-order valence-electron chi connectivity index (χ3n) is 4.41. The first kappa shape index (κ1) is 15.0. The van der Waals surface area contributed by atoms with Crippen molar-refractivity contribution in [1.82, 2.24) is 14.5 Å². The molecule has 1 aliphatic heterocycles. The smallest absolute Gasteiger partial charge is 0.201 e. The summed E-state index contributed by atoms with van der Waals surface area (Å²) >= 11 is 1.98. The Balaban J connectivity index is 1.84. The average molecular weight is 402 g/mol. The lowest BCUT2D eigenvalue weighted by Crippen LogP contribution is -2.34. The number of nitrogen functional groups attached to an aromatic ring is 1.